The standard InChI is InChI=1S/C10H10Cl4O4/c11-8(15)5-2-1-4(3-18-14)6(9(12)16)7(5)10(13)17/h4-7H,1-3H2. The zero-order chi connectivity index (χ0) is 13.9. The minimum atomic E-state index is -1.02. The van der Waals surface area contributed by atoms with Gasteiger partial charge in [0.05, 0.1) is 24.4 Å². The van der Waals surface area contributed by atoms with Crippen LogP contribution in [-0.4, -0.2) is 22.3 Å². The first kappa shape index (κ1) is 16.2. The molecule has 4 nitrogen and oxygen atoms in total. The van der Waals surface area contributed by atoms with E-state index in [4.69, 9.17) is 46.7 Å². The van der Waals surface area contributed by atoms with Gasteiger partial charge in [0.15, 0.2) is 0 Å². The molecule has 0 heterocycles. The van der Waals surface area contributed by atoms with Crippen LogP contribution in [0.5, 0.6) is 0 Å². The lowest BCUT2D eigenvalue weighted by Gasteiger charge is -2.37. The highest BCUT2D eigenvalue weighted by Crippen LogP contribution is 2.42. The summed E-state index contributed by atoms with van der Waals surface area (Å²) in [5, 5.41) is -2.23. The summed E-state index contributed by atoms with van der Waals surface area (Å²) in [6.07, 6.45) is 0.802. The highest BCUT2D eigenvalue weighted by Gasteiger charge is 2.48. The van der Waals surface area contributed by atoms with E-state index in [1.807, 2.05) is 0 Å². The fraction of sp³-hybridized carbons (Fsp3) is 0.700. The van der Waals surface area contributed by atoms with Crippen molar-refractivity contribution in [3.8, 4) is 0 Å². The van der Waals surface area contributed by atoms with Crippen molar-refractivity contribution in [2.24, 2.45) is 23.7 Å². The minimum Gasteiger partial charge on any atom is -0.281 e. The summed E-state index contributed by atoms with van der Waals surface area (Å²) < 4.78 is 4.47. The third-order valence-electron chi connectivity index (χ3n) is 3.27. The Morgan fingerprint density at radius 1 is 0.944 bits per heavy atom. The van der Waals surface area contributed by atoms with Crippen LogP contribution in [0.1, 0.15) is 12.8 Å². The summed E-state index contributed by atoms with van der Waals surface area (Å²) in [6.45, 7) is 0.0501. The molecule has 1 aliphatic carbocycles. The van der Waals surface area contributed by atoms with E-state index >= 15 is 0 Å². The quantitative estimate of drug-likeness (QED) is 0.725. The van der Waals surface area contributed by atoms with Crippen molar-refractivity contribution in [2.45, 2.75) is 12.8 Å². The Hall–Kier alpha value is 0.130. The van der Waals surface area contributed by atoms with Crippen LogP contribution in [0.3, 0.4) is 0 Å². The first-order valence-corrected chi connectivity index (χ1v) is 6.66. The van der Waals surface area contributed by atoms with Gasteiger partial charge in [-0.05, 0) is 53.6 Å². The van der Waals surface area contributed by atoms with Gasteiger partial charge in [-0.2, -0.15) is 0 Å². The van der Waals surface area contributed by atoms with Crippen molar-refractivity contribution in [2.75, 3.05) is 6.61 Å². The summed E-state index contributed by atoms with van der Waals surface area (Å²) in [5.41, 5.74) is 0. The van der Waals surface area contributed by atoms with Crippen LogP contribution < -0.4 is 0 Å². The maximum Gasteiger partial charge on any atom is 0.226 e. The van der Waals surface area contributed by atoms with Gasteiger partial charge in [0, 0.05) is 11.8 Å². The fourth-order valence-corrected chi connectivity index (χ4v) is 3.45. The lowest BCUT2D eigenvalue weighted by atomic mass is 9.68. The van der Waals surface area contributed by atoms with Gasteiger partial charge in [0.25, 0.3) is 0 Å². The summed E-state index contributed by atoms with van der Waals surface area (Å²) in [5.74, 6) is -3.08. The van der Waals surface area contributed by atoms with Gasteiger partial charge in [-0.25, -0.2) is 0 Å². The smallest absolute Gasteiger partial charge is 0.226 e. The largest absolute Gasteiger partial charge is 0.281 e. The van der Waals surface area contributed by atoms with Crippen molar-refractivity contribution in [1.29, 1.82) is 0 Å². The summed E-state index contributed by atoms with van der Waals surface area (Å²) in [6, 6.07) is 0. The SMILES string of the molecule is O=C(Cl)C1CCC(COCl)C(C(=O)Cl)C1C(=O)Cl. The molecule has 4 unspecified atom stereocenters. The Morgan fingerprint density at radius 2 is 1.50 bits per heavy atom. The van der Waals surface area contributed by atoms with Crippen LogP contribution in [0.15, 0.2) is 0 Å². The second-order valence-electron chi connectivity index (χ2n) is 4.18. The number of halogens is 4. The predicted octanol–water partition coefficient (Wildman–Crippen LogP) is 2.71. The first-order valence-electron chi connectivity index (χ1n) is 5.21. The average Bonchev–Trinajstić information content (AvgIpc) is 2.27. The number of hydrogen-bond acceptors (Lipinski definition) is 4. The Kier molecular flexibility index (Phi) is 6.35. The number of carbonyl (C=O) groups is 3. The van der Waals surface area contributed by atoms with Crippen LogP contribution >= 0.6 is 46.7 Å². The van der Waals surface area contributed by atoms with Crippen LogP contribution in [0.25, 0.3) is 0 Å². The third kappa shape index (κ3) is 3.58. The second-order valence-corrected chi connectivity index (χ2v) is 5.52. The van der Waals surface area contributed by atoms with Crippen molar-refractivity contribution in [3.63, 3.8) is 0 Å². The second kappa shape index (κ2) is 7.06. The molecule has 0 aromatic rings. The predicted molar refractivity (Wildman–Crippen MR) is 67.6 cm³/mol. The monoisotopic (exact) mass is 334 g/mol. The molecule has 0 radical (unpaired) electrons. The van der Waals surface area contributed by atoms with Crippen molar-refractivity contribution in [1.82, 2.24) is 0 Å². The number of hydrogen-bond donors (Lipinski definition) is 0. The molecule has 18 heavy (non-hydrogen) atoms. The highest BCUT2D eigenvalue weighted by atomic mass is 35.5. The highest BCUT2D eigenvalue weighted by molar-refractivity contribution is 6.68. The summed E-state index contributed by atoms with van der Waals surface area (Å²) >= 11 is 21.6. The van der Waals surface area contributed by atoms with Gasteiger partial charge in [-0.1, -0.05) is 0 Å². The van der Waals surface area contributed by atoms with E-state index in [0.717, 1.165) is 0 Å². The molecule has 1 fully saturated rings. The molecule has 0 saturated heterocycles. The lowest BCUT2D eigenvalue weighted by molar-refractivity contribution is -0.135. The average molecular weight is 336 g/mol. The zero-order valence-corrected chi connectivity index (χ0v) is 12.1. The molecule has 0 aromatic carbocycles. The molecule has 0 amide bonds. The first-order chi connectivity index (χ1) is 8.40. The Morgan fingerprint density at radius 3 is 1.89 bits per heavy atom. The van der Waals surface area contributed by atoms with Gasteiger partial charge < -0.3 is 0 Å². The van der Waals surface area contributed by atoms with Gasteiger partial charge in [0.2, 0.25) is 15.7 Å². The molecule has 1 saturated carbocycles. The van der Waals surface area contributed by atoms with Gasteiger partial charge in [-0.3, -0.25) is 18.7 Å². The number of rotatable bonds is 5. The molecule has 4 atom stereocenters. The topological polar surface area (TPSA) is 60.4 Å². The van der Waals surface area contributed by atoms with Gasteiger partial charge in [-0.15, -0.1) is 0 Å². The van der Waals surface area contributed by atoms with Crippen molar-refractivity contribution < 1.29 is 18.7 Å². The molecule has 0 N–H and O–H groups in total. The molecule has 1 aliphatic rings. The molecular weight excluding hydrogens is 326 g/mol. The molecule has 0 aliphatic heterocycles. The maximum absolute atomic E-state index is 11.5. The zero-order valence-electron chi connectivity index (χ0n) is 9.08. The van der Waals surface area contributed by atoms with E-state index < -0.39 is 33.5 Å². The van der Waals surface area contributed by atoms with E-state index in [1.54, 1.807) is 0 Å². The molecular formula is C10H10Cl4O4. The van der Waals surface area contributed by atoms with Gasteiger partial charge in [0.1, 0.15) is 0 Å². The van der Waals surface area contributed by atoms with Crippen LogP contribution in [0.2, 0.25) is 0 Å². The normalized spacial score (nSPS) is 32.0. The van der Waals surface area contributed by atoms with Crippen molar-refractivity contribution in [3.05, 3.63) is 0 Å². The fourth-order valence-electron chi connectivity index (χ4n) is 2.44. The number of carbonyl (C=O) groups excluding carboxylic acids is 3. The van der Waals surface area contributed by atoms with E-state index in [1.165, 1.54) is 0 Å². The Labute approximate surface area is 124 Å². The molecule has 0 aromatic heterocycles. The Bertz CT molecular complexity index is 360. The lowest BCUT2D eigenvalue weighted by Crippen LogP contribution is -2.44. The van der Waals surface area contributed by atoms with Gasteiger partial charge >= 0.3 is 0 Å². The molecule has 1 rings (SSSR count). The third-order valence-corrected chi connectivity index (χ3v) is 4.18. The maximum atomic E-state index is 11.5. The molecule has 8 heteroatoms. The van der Waals surface area contributed by atoms with Crippen LogP contribution in [0, 0.1) is 23.7 Å². The Balaban J connectivity index is 3.06. The van der Waals surface area contributed by atoms with Crippen LogP contribution in [-0.2, 0) is 18.7 Å². The molecule has 0 bridgehead atoms. The molecule has 0 spiro atoms. The van der Waals surface area contributed by atoms with Crippen molar-refractivity contribution >= 4 is 62.4 Å². The van der Waals surface area contributed by atoms with Crippen LogP contribution in [0.4, 0.5) is 0 Å². The van der Waals surface area contributed by atoms with E-state index in [0.29, 0.717) is 12.8 Å². The molecule has 102 valence electrons. The van der Waals surface area contributed by atoms with E-state index in [-0.39, 0.29) is 12.5 Å². The van der Waals surface area contributed by atoms with E-state index in [2.05, 4.69) is 4.29 Å². The summed E-state index contributed by atoms with van der Waals surface area (Å²) in [4.78, 5) is 34.2. The summed E-state index contributed by atoms with van der Waals surface area (Å²) in [7, 11) is 0. The van der Waals surface area contributed by atoms with E-state index in [9.17, 15) is 14.4 Å². The minimum absolute atomic E-state index is 0.0501.